The van der Waals surface area contributed by atoms with Crippen LogP contribution in [0, 0.1) is 6.92 Å². The molecule has 0 saturated carbocycles. The van der Waals surface area contributed by atoms with Crippen LogP contribution in [0.5, 0.6) is 11.5 Å². The Morgan fingerprint density at radius 1 is 1.07 bits per heavy atom. The average molecular weight is 419 g/mol. The summed E-state index contributed by atoms with van der Waals surface area (Å²) in [6.07, 6.45) is 0.405. The highest BCUT2D eigenvalue weighted by Gasteiger charge is 2.38. The lowest BCUT2D eigenvalue weighted by Crippen LogP contribution is -2.41. The molecule has 7 nitrogen and oxygen atoms in total. The maximum atomic E-state index is 13.4. The standard InChI is InChI=1S/C21H25NO6S/c1-14-5-7-16(8-6-14)29(24,25)22-10-9-15-11-19(26-2)20(27-3)12-17(15)18(22)13-21(23)28-4/h5-8,11-12,18H,9-10,13H2,1-4H3/t18-/m1/s1. The lowest BCUT2D eigenvalue weighted by molar-refractivity contribution is -0.141. The summed E-state index contributed by atoms with van der Waals surface area (Å²) in [5, 5.41) is 0. The van der Waals surface area contributed by atoms with Crippen molar-refractivity contribution in [3.63, 3.8) is 0 Å². The minimum absolute atomic E-state index is 0.0932. The third kappa shape index (κ3) is 4.09. The molecule has 8 heteroatoms. The molecule has 1 atom stereocenters. The van der Waals surface area contributed by atoms with E-state index in [1.807, 2.05) is 13.0 Å². The molecule has 0 aliphatic carbocycles. The molecule has 0 N–H and O–H groups in total. The van der Waals surface area contributed by atoms with Gasteiger partial charge in [0.1, 0.15) is 0 Å². The van der Waals surface area contributed by atoms with Crippen molar-refractivity contribution in [2.24, 2.45) is 0 Å². The molecule has 0 spiro atoms. The number of ether oxygens (including phenoxy) is 3. The molecule has 2 aromatic carbocycles. The van der Waals surface area contributed by atoms with E-state index in [0.717, 1.165) is 16.7 Å². The number of benzene rings is 2. The minimum atomic E-state index is -3.81. The summed E-state index contributed by atoms with van der Waals surface area (Å²) >= 11 is 0. The number of rotatable bonds is 6. The molecule has 0 saturated heterocycles. The van der Waals surface area contributed by atoms with Crippen molar-refractivity contribution >= 4 is 16.0 Å². The Bertz CT molecular complexity index is 1000. The number of aryl methyl sites for hydroxylation is 1. The van der Waals surface area contributed by atoms with Crippen LogP contribution in [0.3, 0.4) is 0 Å². The van der Waals surface area contributed by atoms with Crippen LogP contribution in [0.15, 0.2) is 41.3 Å². The quantitative estimate of drug-likeness (QED) is 0.670. The predicted molar refractivity (Wildman–Crippen MR) is 108 cm³/mol. The number of sulfonamides is 1. The third-order valence-corrected chi connectivity index (χ3v) is 7.09. The van der Waals surface area contributed by atoms with Gasteiger partial charge in [0.25, 0.3) is 0 Å². The summed E-state index contributed by atoms with van der Waals surface area (Å²) in [6.45, 7) is 2.15. The third-order valence-electron chi connectivity index (χ3n) is 5.17. The van der Waals surface area contributed by atoms with E-state index in [1.54, 1.807) is 37.4 Å². The van der Waals surface area contributed by atoms with Crippen LogP contribution < -0.4 is 9.47 Å². The van der Waals surface area contributed by atoms with Crippen LogP contribution in [-0.4, -0.2) is 46.6 Å². The summed E-state index contributed by atoms with van der Waals surface area (Å²) < 4.78 is 43.7. The number of methoxy groups -OCH3 is 3. The minimum Gasteiger partial charge on any atom is -0.493 e. The van der Waals surface area contributed by atoms with Crippen LogP contribution >= 0.6 is 0 Å². The van der Waals surface area contributed by atoms with Crippen LogP contribution in [0.4, 0.5) is 0 Å². The van der Waals surface area contributed by atoms with Gasteiger partial charge >= 0.3 is 5.97 Å². The maximum Gasteiger partial charge on any atom is 0.307 e. The van der Waals surface area contributed by atoms with Gasteiger partial charge in [-0.1, -0.05) is 17.7 Å². The molecule has 156 valence electrons. The second kappa shape index (κ2) is 8.42. The fraction of sp³-hybridized carbons (Fsp3) is 0.381. The number of carbonyl (C=O) groups is 1. The number of nitrogens with zero attached hydrogens (tertiary/aromatic N) is 1. The number of carbonyl (C=O) groups excluding carboxylic acids is 1. The highest BCUT2D eigenvalue weighted by molar-refractivity contribution is 7.89. The molecule has 0 bridgehead atoms. The monoisotopic (exact) mass is 419 g/mol. The second-order valence-electron chi connectivity index (χ2n) is 6.88. The van der Waals surface area contributed by atoms with E-state index in [9.17, 15) is 13.2 Å². The molecular formula is C21H25NO6S. The molecule has 2 aromatic rings. The molecule has 0 amide bonds. The van der Waals surface area contributed by atoms with Crippen LogP contribution in [0.2, 0.25) is 0 Å². The van der Waals surface area contributed by atoms with Gasteiger partial charge in [-0.25, -0.2) is 8.42 Å². The highest BCUT2D eigenvalue weighted by atomic mass is 32.2. The summed E-state index contributed by atoms with van der Waals surface area (Å²) in [5.74, 6) is 0.565. The lowest BCUT2D eigenvalue weighted by atomic mass is 9.91. The van der Waals surface area contributed by atoms with E-state index in [-0.39, 0.29) is 17.9 Å². The lowest BCUT2D eigenvalue weighted by Gasteiger charge is -2.36. The zero-order valence-corrected chi connectivity index (χ0v) is 17.8. The Labute approximate surface area is 171 Å². The van der Waals surface area contributed by atoms with Gasteiger partial charge in [0.2, 0.25) is 10.0 Å². The molecule has 29 heavy (non-hydrogen) atoms. The molecule has 0 unspecified atom stereocenters. The molecule has 1 heterocycles. The van der Waals surface area contributed by atoms with Crippen molar-refractivity contribution < 1.29 is 27.4 Å². The van der Waals surface area contributed by atoms with Crippen molar-refractivity contribution in [3.05, 3.63) is 53.1 Å². The van der Waals surface area contributed by atoms with E-state index in [2.05, 4.69) is 0 Å². The molecule has 0 aromatic heterocycles. The molecule has 1 aliphatic rings. The van der Waals surface area contributed by atoms with Crippen molar-refractivity contribution in [2.45, 2.75) is 30.7 Å². The summed E-state index contributed by atoms with van der Waals surface area (Å²) in [6, 6.07) is 9.58. The SMILES string of the molecule is COC(=O)C[C@@H]1c2cc(OC)c(OC)cc2CCN1S(=O)(=O)c1ccc(C)cc1. The molecule has 3 rings (SSSR count). The van der Waals surface area contributed by atoms with Crippen molar-refractivity contribution in [1.29, 1.82) is 0 Å². The maximum absolute atomic E-state index is 13.4. The summed E-state index contributed by atoms with van der Waals surface area (Å²) in [4.78, 5) is 12.3. The Kier molecular flexibility index (Phi) is 6.14. The first-order valence-electron chi connectivity index (χ1n) is 9.22. The van der Waals surface area contributed by atoms with Gasteiger partial charge in [-0.2, -0.15) is 4.31 Å². The van der Waals surface area contributed by atoms with Gasteiger partial charge in [-0.15, -0.1) is 0 Å². The summed E-state index contributed by atoms with van der Waals surface area (Å²) in [5.41, 5.74) is 2.61. The average Bonchev–Trinajstić information content (AvgIpc) is 2.72. The first-order chi connectivity index (χ1) is 13.8. The number of esters is 1. The van der Waals surface area contributed by atoms with Gasteiger partial charge < -0.3 is 14.2 Å². The Morgan fingerprint density at radius 2 is 1.69 bits per heavy atom. The van der Waals surface area contributed by atoms with Crippen LogP contribution in [0.1, 0.15) is 29.2 Å². The second-order valence-corrected chi connectivity index (χ2v) is 8.77. The Morgan fingerprint density at radius 3 is 2.28 bits per heavy atom. The number of hydrogen-bond donors (Lipinski definition) is 0. The van der Waals surface area contributed by atoms with Crippen LogP contribution in [-0.2, 0) is 26.0 Å². The fourth-order valence-electron chi connectivity index (χ4n) is 3.59. The van der Waals surface area contributed by atoms with E-state index in [0.29, 0.717) is 17.9 Å². The summed E-state index contributed by atoms with van der Waals surface area (Å²) in [7, 11) is 0.551. The van der Waals surface area contributed by atoms with Crippen molar-refractivity contribution in [3.8, 4) is 11.5 Å². The first kappa shape index (κ1) is 21.1. The van der Waals surface area contributed by atoms with Gasteiger partial charge in [0.15, 0.2) is 11.5 Å². The Balaban J connectivity index is 2.11. The van der Waals surface area contributed by atoms with Gasteiger partial charge in [0.05, 0.1) is 38.7 Å². The largest absolute Gasteiger partial charge is 0.493 e. The van der Waals surface area contributed by atoms with Crippen molar-refractivity contribution in [1.82, 2.24) is 4.31 Å². The van der Waals surface area contributed by atoms with E-state index >= 15 is 0 Å². The zero-order valence-electron chi connectivity index (χ0n) is 17.0. The first-order valence-corrected chi connectivity index (χ1v) is 10.7. The van der Waals surface area contributed by atoms with Crippen molar-refractivity contribution in [2.75, 3.05) is 27.9 Å². The molecular weight excluding hydrogens is 394 g/mol. The zero-order chi connectivity index (χ0) is 21.2. The number of fused-ring (bicyclic) bond motifs is 1. The van der Waals surface area contributed by atoms with E-state index in [1.165, 1.54) is 18.5 Å². The van der Waals surface area contributed by atoms with Gasteiger partial charge in [-0.05, 0) is 48.7 Å². The molecule has 1 aliphatic heterocycles. The van der Waals surface area contributed by atoms with Gasteiger partial charge in [-0.3, -0.25) is 4.79 Å². The molecule has 0 fully saturated rings. The smallest absolute Gasteiger partial charge is 0.307 e. The van der Waals surface area contributed by atoms with E-state index < -0.39 is 22.0 Å². The van der Waals surface area contributed by atoms with Crippen LogP contribution in [0.25, 0.3) is 0 Å². The predicted octanol–water partition coefficient (Wildman–Crippen LogP) is 2.86. The normalized spacial score (nSPS) is 16.8. The highest BCUT2D eigenvalue weighted by Crippen LogP contribution is 2.41. The Hall–Kier alpha value is -2.58. The fourth-order valence-corrected chi connectivity index (χ4v) is 5.20. The molecule has 0 radical (unpaired) electrons. The van der Waals surface area contributed by atoms with Gasteiger partial charge in [0, 0.05) is 6.54 Å². The van der Waals surface area contributed by atoms with E-state index in [4.69, 9.17) is 14.2 Å². The number of hydrogen-bond acceptors (Lipinski definition) is 6. The topological polar surface area (TPSA) is 82.1 Å².